The number of amides is 2. The summed E-state index contributed by atoms with van der Waals surface area (Å²) in [6.45, 7) is 4.00. The SMILES string of the molecule is Cc1ccc(NC(=O)CN2CC(C(=O)N3CCOCC3)Oc3ccccc32)cc1F. The number of halogens is 1. The summed E-state index contributed by atoms with van der Waals surface area (Å²) < 4.78 is 25.0. The molecule has 30 heavy (non-hydrogen) atoms. The van der Waals surface area contributed by atoms with Crippen LogP contribution in [0.2, 0.25) is 0 Å². The van der Waals surface area contributed by atoms with Crippen molar-refractivity contribution >= 4 is 23.2 Å². The van der Waals surface area contributed by atoms with Gasteiger partial charge >= 0.3 is 0 Å². The first kappa shape index (κ1) is 20.2. The highest BCUT2D eigenvalue weighted by atomic mass is 19.1. The highest BCUT2D eigenvalue weighted by Gasteiger charge is 2.34. The predicted octanol–water partition coefficient (Wildman–Crippen LogP) is 2.20. The van der Waals surface area contributed by atoms with Crippen LogP contribution in [0.4, 0.5) is 15.8 Å². The van der Waals surface area contributed by atoms with Crippen LogP contribution in [-0.4, -0.2) is 62.2 Å². The van der Waals surface area contributed by atoms with Gasteiger partial charge in [0, 0.05) is 18.8 Å². The fourth-order valence-corrected chi connectivity index (χ4v) is 3.62. The molecule has 0 saturated carbocycles. The highest BCUT2D eigenvalue weighted by molar-refractivity contribution is 5.95. The second kappa shape index (κ2) is 8.71. The van der Waals surface area contributed by atoms with Crippen LogP contribution in [0.3, 0.4) is 0 Å². The zero-order valence-corrected chi connectivity index (χ0v) is 16.8. The summed E-state index contributed by atoms with van der Waals surface area (Å²) in [7, 11) is 0. The molecule has 1 fully saturated rings. The van der Waals surface area contributed by atoms with E-state index in [2.05, 4.69) is 5.32 Å². The van der Waals surface area contributed by atoms with Crippen molar-refractivity contribution in [3.05, 3.63) is 53.8 Å². The number of carbonyl (C=O) groups is 2. The standard InChI is InChI=1S/C22H24FN3O4/c1-15-6-7-16(12-17(15)23)24-21(27)14-26-13-20(22(28)25-8-10-29-11-9-25)30-19-5-3-2-4-18(19)26/h2-7,12,20H,8-11,13-14H2,1H3,(H,24,27). The maximum atomic E-state index is 13.8. The molecule has 7 nitrogen and oxygen atoms in total. The van der Waals surface area contributed by atoms with Gasteiger partial charge in [0.25, 0.3) is 5.91 Å². The van der Waals surface area contributed by atoms with Crippen LogP contribution in [0.25, 0.3) is 0 Å². The van der Waals surface area contributed by atoms with Crippen molar-refractivity contribution in [2.45, 2.75) is 13.0 Å². The van der Waals surface area contributed by atoms with Gasteiger partial charge in [-0.2, -0.15) is 0 Å². The first-order chi connectivity index (χ1) is 14.5. The molecule has 0 bridgehead atoms. The number of benzene rings is 2. The molecule has 2 aliphatic rings. The Hall–Kier alpha value is -3.13. The molecular formula is C22H24FN3O4. The zero-order chi connectivity index (χ0) is 21.1. The van der Waals surface area contributed by atoms with Gasteiger partial charge in [-0.15, -0.1) is 0 Å². The van der Waals surface area contributed by atoms with E-state index in [-0.39, 0.29) is 30.7 Å². The highest BCUT2D eigenvalue weighted by Crippen LogP contribution is 2.33. The summed E-state index contributed by atoms with van der Waals surface area (Å²) in [5.41, 5.74) is 1.65. The molecule has 1 unspecified atom stereocenters. The van der Waals surface area contributed by atoms with Crippen molar-refractivity contribution in [3.63, 3.8) is 0 Å². The van der Waals surface area contributed by atoms with Gasteiger partial charge in [-0.05, 0) is 36.8 Å². The third kappa shape index (κ3) is 4.38. The lowest BCUT2D eigenvalue weighted by Gasteiger charge is -2.38. The van der Waals surface area contributed by atoms with E-state index in [4.69, 9.17) is 9.47 Å². The van der Waals surface area contributed by atoms with Crippen molar-refractivity contribution in [2.75, 3.05) is 49.6 Å². The topological polar surface area (TPSA) is 71.1 Å². The van der Waals surface area contributed by atoms with Crippen molar-refractivity contribution < 1.29 is 23.5 Å². The minimum atomic E-state index is -0.706. The normalized spacial score (nSPS) is 18.4. The predicted molar refractivity (Wildman–Crippen MR) is 110 cm³/mol. The van der Waals surface area contributed by atoms with E-state index in [1.807, 2.05) is 23.1 Å². The molecule has 0 aromatic heterocycles. The van der Waals surface area contributed by atoms with Crippen LogP contribution in [0.15, 0.2) is 42.5 Å². The smallest absolute Gasteiger partial charge is 0.265 e. The third-order valence-electron chi connectivity index (χ3n) is 5.25. The minimum Gasteiger partial charge on any atom is -0.477 e. The summed E-state index contributed by atoms with van der Waals surface area (Å²) in [5.74, 6) is -0.225. The lowest BCUT2D eigenvalue weighted by molar-refractivity contribution is -0.142. The number of para-hydroxylation sites is 2. The monoisotopic (exact) mass is 413 g/mol. The molecule has 0 spiro atoms. The molecule has 1 atom stereocenters. The Balaban J connectivity index is 1.48. The molecule has 2 heterocycles. The van der Waals surface area contributed by atoms with Crippen molar-refractivity contribution in [3.8, 4) is 5.75 Å². The van der Waals surface area contributed by atoms with E-state index in [1.165, 1.54) is 6.07 Å². The first-order valence-electron chi connectivity index (χ1n) is 9.94. The van der Waals surface area contributed by atoms with Gasteiger partial charge in [0.1, 0.15) is 11.6 Å². The Morgan fingerprint density at radius 3 is 2.70 bits per heavy atom. The molecule has 0 aliphatic carbocycles. The lowest BCUT2D eigenvalue weighted by Crippen LogP contribution is -2.53. The molecule has 2 aromatic carbocycles. The number of ether oxygens (including phenoxy) is 2. The van der Waals surface area contributed by atoms with Crippen molar-refractivity contribution in [1.82, 2.24) is 4.90 Å². The number of anilines is 2. The quantitative estimate of drug-likeness (QED) is 0.832. The van der Waals surface area contributed by atoms with E-state index in [0.29, 0.717) is 43.3 Å². The fraction of sp³-hybridized carbons (Fsp3) is 0.364. The summed E-state index contributed by atoms with van der Waals surface area (Å²) in [4.78, 5) is 29.1. The number of nitrogens with one attached hydrogen (secondary N) is 1. The molecule has 1 saturated heterocycles. The van der Waals surface area contributed by atoms with E-state index >= 15 is 0 Å². The van der Waals surface area contributed by atoms with Gasteiger partial charge in [0.05, 0.1) is 32.0 Å². The van der Waals surface area contributed by atoms with Gasteiger partial charge in [0.2, 0.25) is 5.91 Å². The van der Waals surface area contributed by atoms with Crippen LogP contribution in [-0.2, 0) is 14.3 Å². The lowest BCUT2D eigenvalue weighted by atomic mass is 10.1. The van der Waals surface area contributed by atoms with Crippen LogP contribution >= 0.6 is 0 Å². The third-order valence-corrected chi connectivity index (χ3v) is 5.25. The molecular weight excluding hydrogens is 389 g/mol. The van der Waals surface area contributed by atoms with Crippen LogP contribution in [0, 0.1) is 12.7 Å². The van der Waals surface area contributed by atoms with E-state index < -0.39 is 6.10 Å². The molecule has 158 valence electrons. The average molecular weight is 413 g/mol. The molecule has 4 rings (SSSR count). The fourth-order valence-electron chi connectivity index (χ4n) is 3.62. The maximum absolute atomic E-state index is 13.8. The number of nitrogens with zero attached hydrogens (tertiary/aromatic N) is 2. The van der Waals surface area contributed by atoms with E-state index in [1.54, 1.807) is 30.0 Å². The summed E-state index contributed by atoms with van der Waals surface area (Å²) in [6, 6.07) is 11.9. The molecule has 1 N–H and O–H groups in total. The van der Waals surface area contributed by atoms with Crippen LogP contribution in [0.5, 0.6) is 5.75 Å². The molecule has 2 amide bonds. The number of morpholine rings is 1. The largest absolute Gasteiger partial charge is 0.477 e. The Morgan fingerprint density at radius 2 is 1.93 bits per heavy atom. The Bertz CT molecular complexity index is 946. The summed E-state index contributed by atoms with van der Waals surface area (Å²) in [6.07, 6.45) is -0.706. The van der Waals surface area contributed by atoms with Gasteiger partial charge in [-0.1, -0.05) is 18.2 Å². The number of hydrogen-bond acceptors (Lipinski definition) is 5. The minimum absolute atomic E-state index is 0.0166. The van der Waals surface area contributed by atoms with Crippen molar-refractivity contribution in [1.29, 1.82) is 0 Å². The first-order valence-corrected chi connectivity index (χ1v) is 9.94. The van der Waals surface area contributed by atoms with Gasteiger partial charge in [-0.3, -0.25) is 9.59 Å². The van der Waals surface area contributed by atoms with Crippen LogP contribution < -0.4 is 15.0 Å². The Kier molecular flexibility index (Phi) is 5.85. The molecule has 2 aliphatic heterocycles. The molecule has 2 aromatic rings. The summed E-state index contributed by atoms with van der Waals surface area (Å²) >= 11 is 0. The van der Waals surface area contributed by atoms with Crippen LogP contribution in [0.1, 0.15) is 5.56 Å². The zero-order valence-electron chi connectivity index (χ0n) is 16.8. The number of hydrogen-bond donors (Lipinski definition) is 1. The second-order valence-electron chi connectivity index (χ2n) is 7.40. The van der Waals surface area contributed by atoms with Gasteiger partial charge in [0.15, 0.2) is 6.10 Å². The van der Waals surface area contributed by atoms with Gasteiger partial charge in [-0.25, -0.2) is 4.39 Å². The Morgan fingerprint density at radius 1 is 1.17 bits per heavy atom. The molecule has 0 radical (unpaired) electrons. The number of aryl methyl sites for hydroxylation is 1. The van der Waals surface area contributed by atoms with Gasteiger partial charge < -0.3 is 24.6 Å². The second-order valence-corrected chi connectivity index (χ2v) is 7.40. The maximum Gasteiger partial charge on any atom is 0.265 e. The molecule has 8 heteroatoms. The Labute approximate surface area is 174 Å². The number of carbonyl (C=O) groups excluding carboxylic acids is 2. The van der Waals surface area contributed by atoms with E-state index in [0.717, 1.165) is 5.69 Å². The average Bonchev–Trinajstić information content (AvgIpc) is 2.76. The number of rotatable bonds is 4. The van der Waals surface area contributed by atoms with E-state index in [9.17, 15) is 14.0 Å². The number of fused-ring (bicyclic) bond motifs is 1. The van der Waals surface area contributed by atoms with Crippen molar-refractivity contribution in [2.24, 2.45) is 0 Å². The summed E-state index contributed by atoms with van der Waals surface area (Å²) in [5, 5.41) is 2.72.